The number of rotatable bonds is 3. The maximum atomic E-state index is 13.2. The molecule has 1 fully saturated rings. The van der Waals surface area contributed by atoms with Crippen LogP contribution in [0.4, 0.5) is 0 Å². The Labute approximate surface area is 227 Å². The predicted molar refractivity (Wildman–Crippen MR) is 142 cm³/mol. The van der Waals surface area contributed by atoms with Crippen molar-refractivity contribution in [2.45, 2.75) is 128 Å². The fourth-order valence-corrected chi connectivity index (χ4v) is 5.89. The van der Waals surface area contributed by atoms with Crippen molar-refractivity contribution < 1.29 is 44.5 Å². The molecule has 222 valence electrons. The van der Waals surface area contributed by atoms with E-state index in [4.69, 9.17) is 14.2 Å². The molecule has 0 spiro atoms. The van der Waals surface area contributed by atoms with Crippen LogP contribution in [0.1, 0.15) is 68.2 Å². The van der Waals surface area contributed by atoms with Gasteiger partial charge in [0.1, 0.15) is 23.9 Å². The average molecular weight is 546 g/mol. The summed E-state index contributed by atoms with van der Waals surface area (Å²) in [6.07, 6.45) is -3.22. The SMILES string of the molecule is CC[C@H]1OC(=O)[C@H](C)[C@@H](O)[C@H](C)[C@@H](O[C@@H]2O[C@H](C)C=C[C@H]2O)[C@](C)(O)C[C@@H](C)CN(C)[C@H](C)[C@@H](O)[C@]1(C)O. The molecule has 13 atom stereocenters. The lowest BCUT2D eigenvalue weighted by Crippen LogP contribution is -2.59. The van der Waals surface area contributed by atoms with Gasteiger partial charge in [-0.15, -0.1) is 0 Å². The van der Waals surface area contributed by atoms with Crippen molar-refractivity contribution in [3.63, 3.8) is 0 Å². The molecule has 2 heterocycles. The van der Waals surface area contributed by atoms with Crippen LogP contribution < -0.4 is 0 Å². The number of nitrogens with zero attached hydrogens (tertiary/aromatic N) is 1. The number of carbonyl (C=O) groups is 1. The van der Waals surface area contributed by atoms with Crippen molar-refractivity contribution in [2.75, 3.05) is 13.6 Å². The number of carbonyl (C=O) groups excluding carboxylic acids is 1. The Morgan fingerprint density at radius 1 is 1.08 bits per heavy atom. The standard InChI is InChI=1S/C28H51NO9/c1-10-21-28(8,35)23(32)19(6)29(9)14-15(2)13-27(7,34)24(17(4)22(31)18(5)25(33)37-21)38-26-20(30)12-11-16(3)36-26/h11-12,15-24,26,30-32,34-35H,10,13-14H2,1-9H3/t15-,16-,17+,18-,19-,20-,21-,22+,23-,24-,26+,27-,28-/m1/s1. The molecule has 10 heteroatoms. The van der Waals surface area contributed by atoms with E-state index in [9.17, 15) is 30.3 Å². The minimum Gasteiger partial charge on any atom is -0.459 e. The zero-order valence-electron chi connectivity index (χ0n) is 24.4. The molecular weight excluding hydrogens is 494 g/mol. The molecule has 2 aliphatic heterocycles. The lowest BCUT2D eigenvalue weighted by Gasteiger charge is -2.43. The molecule has 0 aliphatic carbocycles. The highest BCUT2D eigenvalue weighted by molar-refractivity contribution is 5.73. The molecule has 0 aromatic heterocycles. The normalized spacial score (nSPS) is 48.7. The largest absolute Gasteiger partial charge is 0.459 e. The summed E-state index contributed by atoms with van der Waals surface area (Å²) in [6.45, 7) is 14.0. The number of hydrogen-bond donors (Lipinski definition) is 5. The molecule has 2 rings (SSSR count). The zero-order valence-corrected chi connectivity index (χ0v) is 24.4. The van der Waals surface area contributed by atoms with Crippen LogP contribution >= 0.6 is 0 Å². The van der Waals surface area contributed by atoms with Gasteiger partial charge in [0.15, 0.2) is 6.29 Å². The van der Waals surface area contributed by atoms with E-state index in [-0.39, 0.29) is 24.9 Å². The second kappa shape index (κ2) is 13.0. The lowest BCUT2D eigenvalue weighted by atomic mass is 9.78. The van der Waals surface area contributed by atoms with Gasteiger partial charge in [0, 0.05) is 18.5 Å². The Hall–Kier alpha value is -1.11. The molecule has 0 unspecified atom stereocenters. The van der Waals surface area contributed by atoms with E-state index in [0.717, 1.165) is 0 Å². The van der Waals surface area contributed by atoms with Crippen LogP contribution in [0.3, 0.4) is 0 Å². The van der Waals surface area contributed by atoms with Crippen LogP contribution in [0, 0.1) is 17.8 Å². The zero-order chi connectivity index (χ0) is 29.2. The van der Waals surface area contributed by atoms with E-state index in [1.54, 1.807) is 46.8 Å². The van der Waals surface area contributed by atoms with Gasteiger partial charge >= 0.3 is 5.97 Å². The molecule has 0 aromatic carbocycles. The van der Waals surface area contributed by atoms with Crippen LogP contribution in [-0.2, 0) is 19.0 Å². The highest BCUT2D eigenvalue weighted by Crippen LogP contribution is 2.35. The van der Waals surface area contributed by atoms with Crippen LogP contribution in [0.2, 0.25) is 0 Å². The van der Waals surface area contributed by atoms with Gasteiger partial charge < -0.3 is 44.6 Å². The third-order valence-electron chi connectivity index (χ3n) is 8.39. The Kier molecular flexibility index (Phi) is 11.4. The summed E-state index contributed by atoms with van der Waals surface area (Å²) >= 11 is 0. The summed E-state index contributed by atoms with van der Waals surface area (Å²) in [7, 11) is 1.82. The van der Waals surface area contributed by atoms with E-state index < -0.39 is 71.9 Å². The number of esters is 1. The van der Waals surface area contributed by atoms with Gasteiger partial charge in [-0.1, -0.05) is 32.9 Å². The third kappa shape index (κ3) is 7.54. The van der Waals surface area contributed by atoms with Crippen LogP contribution in [0.25, 0.3) is 0 Å². The lowest BCUT2D eigenvalue weighted by molar-refractivity contribution is -0.268. The number of likely N-dealkylation sites (N-methyl/N-ethyl adjacent to an activating group) is 1. The molecular formula is C28H51NO9. The quantitative estimate of drug-likeness (QED) is 0.259. The number of hydrogen-bond acceptors (Lipinski definition) is 10. The third-order valence-corrected chi connectivity index (χ3v) is 8.39. The molecule has 2 aliphatic rings. The summed E-state index contributed by atoms with van der Waals surface area (Å²) in [5.41, 5.74) is -3.23. The molecule has 0 aromatic rings. The van der Waals surface area contributed by atoms with Gasteiger partial charge in [0.05, 0.1) is 29.8 Å². The van der Waals surface area contributed by atoms with Gasteiger partial charge in [0.25, 0.3) is 0 Å². The summed E-state index contributed by atoms with van der Waals surface area (Å²) in [6, 6.07) is -0.497. The Morgan fingerprint density at radius 2 is 1.68 bits per heavy atom. The predicted octanol–water partition coefficient (Wildman–Crippen LogP) is 1.21. The molecule has 5 N–H and O–H groups in total. The van der Waals surface area contributed by atoms with Gasteiger partial charge in [-0.3, -0.25) is 4.79 Å². The first-order valence-electron chi connectivity index (χ1n) is 13.8. The van der Waals surface area contributed by atoms with Gasteiger partial charge in [-0.05, 0) is 60.4 Å². The molecule has 38 heavy (non-hydrogen) atoms. The molecule has 0 amide bonds. The highest BCUT2D eigenvalue weighted by Gasteiger charge is 2.48. The Bertz CT molecular complexity index is 803. The maximum Gasteiger partial charge on any atom is 0.311 e. The topological polar surface area (TPSA) is 149 Å². The number of aliphatic hydroxyl groups is 5. The average Bonchev–Trinajstić information content (AvgIpc) is 2.83. The summed E-state index contributed by atoms with van der Waals surface area (Å²) < 4.78 is 17.6. The van der Waals surface area contributed by atoms with Gasteiger partial charge in [0.2, 0.25) is 0 Å². The number of cyclic esters (lactones) is 1. The van der Waals surface area contributed by atoms with E-state index in [2.05, 4.69) is 0 Å². The maximum absolute atomic E-state index is 13.2. The summed E-state index contributed by atoms with van der Waals surface area (Å²) in [5, 5.41) is 55.9. The van der Waals surface area contributed by atoms with Crippen LogP contribution in [-0.4, -0.2) is 110 Å². The van der Waals surface area contributed by atoms with Gasteiger partial charge in [-0.25, -0.2) is 0 Å². The van der Waals surface area contributed by atoms with Crippen molar-refractivity contribution in [1.29, 1.82) is 0 Å². The Balaban J connectivity index is 2.50. The van der Waals surface area contributed by atoms with E-state index in [1.807, 2.05) is 18.9 Å². The van der Waals surface area contributed by atoms with Crippen LogP contribution in [0.5, 0.6) is 0 Å². The van der Waals surface area contributed by atoms with E-state index >= 15 is 0 Å². The number of ether oxygens (including phenoxy) is 3. The first-order valence-corrected chi connectivity index (χ1v) is 13.8. The van der Waals surface area contributed by atoms with Crippen molar-refractivity contribution in [3.8, 4) is 0 Å². The molecule has 10 nitrogen and oxygen atoms in total. The smallest absolute Gasteiger partial charge is 0.311 e. The molecule has 0 bridgehead atoms. The molecule has 1 saturated heterocycles. The minimum absolute atomic E-state index is 0.0940. The second-order valence-electron chi connectivity index (χ2n) is 12.1. The fourth-order valence-electron chi connectivity index (χ4n) is 5.89. The number of aliphatic hydroxyl groups excluding tert-OH is 3. The summed E-state index contributed by atoms with van der Waals surface area (Å²) in [4.78, 5) is 15.1. The summed E-state index contributed by atoms with van der Waals surface area (Å²) in [5.74, 6) is -2.64. The Morgan fingerprint density at radius 3 is 2.26 bits per heavy atom. The fraction of sp³-hybridized carbons (Fsp3) is 0.893. The van der Waals surface area contributed by atoms with Crippen molar-refractivity contribution in [1.82, 2.24) is 4.90 Å². The van der Waals surface area contributed by atoms with Gasteiger partial charge in [-0.2, -0.15) is 0 Å². The minimum atomic E-state index is -1.74. The van der Waals surface area contributed by atoms with E-state index in [0.29, 0.717) is 6.54 Å². The molecule has 0 radical (unpaired) electrons. The second-order valence-corrected chi connectivity index (χ2v) is 12.1. The highest BCUT2D eigenvalue weighted by atomic mass is 16.7. The molecule has 0 saturated carbocycles. The van der Waals surface area contributed by atoms with Crippen LogP contribution in [0.15, 0.2) is 12.2 Å². The first-order chi connectivity index (χ1) is 17.4. The van der Waals surface area contributed by atoms with Crippen molar-refractivity contribution in [2.24, 2.45) is 17.8 Å². The van der Waals surface area contributed by atoms with Crippen molar-refractivity contribution in [3.05, 3.63) is 12.2 Å². The van der Waals surface area contributed by atoms with Crippen molar-refractivity contribution >= 4 is 5.97 Å². The first kappa shape index (κ1) is 33.1. The monoisotopic (exact) mass is 545 g/mol. The van der Waals surface area contributed by atoms with E-state index in [1.165, 1.54) is 13.8 Å².